The number of anilines is 1. The van der Waals surface area contributed by atoms with Crippen LogP contribution in [0.1, 0.15) is 28.4 Å². The smallest absolute Gasteiger partial charge is 0.338 e. The topological polar surface area (TPSA) is 92.8 Å². The second kappa shape index (κ2) is 9.74. The van der Waals surface area contributed by atoms with Crippen LogP contribution in [0.25, 0.3) is 0 Å². The Morgan fingerprint density at radius 1 is 1.00 bits per heavy atom. The van der Waals surface area contributed by atoms with Gasteiger partial charge in [0.2, 0.25) is 15.9 Å². The Morgan fingerprint density at radius 2 is 1.65 bits per heavy atom. The fraction of sp³-hybridized carbons (Fsp3) is 0.200. The van der Waals surface area contributed by atoms with Gasteiger partial charge in [-0.15, -0.1) is 0 Å². The Hall–Kier alpha value is -3.56. The second-order valence-corrected chi connectivity index (χ2v) is 9.67. The second-order valence-electron chi connectivity index (χ2n) is 7.78. The van der Waals surface area contributed by atoms with Crippen molar-refractivity contribution < 1.29 is 27.1 Å². The molecule has 0 saturated heterocycles. The van der Waals surface area contributed by atoms with Gasteiger partial charge in [-0.25, -0.2) is 17.6 Å². The Morgan fingerprint density at radius 3 is 2.29 bits per heavy atom. The van der Waals surface area contributed by atoms with Crippen LogP contribution in [0.5, 0.6) is 0 Å². The van der Waals surface area contributed by atoms with Crippen LogP contribution < -0.4 is 5.32 Å². The zero-order chi connectivity index (χ0) is 24.3. The molecule has 1 amide bonds. The summed E-state index contributed by atoms with van der Waals surface area (Å²) in [6.45, 7) is 1.97. The van der Waals surface area contributed by atoms with Crippen LogP contribution in [0.4, 0.5) is 10.1 Å². The summed E-state index contributed by atoms with van der Waals surface area (Å²) in [5.74, 6) is -1.53. The van der Waals surface area contributed by atoms with Crippen molar-refractivity contribution in [2.75, 3.05) is 11.9 Å². The molecule has 0 aliphatic carbocycles. The number of hydrogen-bond acceptors (Lipinski definition) is 5. The predicted octanol–water partition coefficient (Wildman–Crippen LogP) is 3.76. The van der Waals surface area contributed by atoms with Gasteiger partial charge in [0, 0.05) is 12.2 Å². The Labute approximate surface area is 197 Å². The van der Waals surface area contributed by atoms with Crippen molar-refractivity contribution in [1.82, 2.24) is 4.31 Å². The number of amides is 1. The van der Waals surface area contributed by atoms with Gasteiger partial charge < -0.3 is 10.1 Å². The third-order valence-corrected chi connectivity index (χ3v) is 7.46. The zero-order valence-corrected chi connectivity index (χ0v) is 19.2. The number of sulfonamides is 1. The summed E-state index contributed by atoms with van der Waals surface area (Å²) in [7, 11) is -4.09. The molecule has 34 heavy (non-hydrogen) atoms. The van der Waals surface area contributed by atoms with Crippen molar-refractivity contribution in [3.05, 3.63) is 95.3 Å². The lowest BCUT2D eigenvalue weighted by atomic mass is 9.95. The maximum absolute atomic E-state index is 13.4. The molecule has 3 aromatic carbocycles. The number of halogens is 1. The van der Waals surface area contributed by atoms with Gasteiger partial charge >= 0.3 is 5.97 Å². The van der Waals surface area contributed by atoms with Crippen molar-refractivity contribution >= 4 is 27.6 Å². The average molecular weight is 483 g/mol. The first-order valence-electron chi connectivity index (χ1n) is 10.7. The lowest BCUT2D eigenvalue weighted by molar-refractivity contribution is -0.120. The van der Waals surface area contributed by atoms with Gasteiger partial charge in [0.25, 0.3) is 0 Å². The van der Waals surface area contributed by atoms with Crippen LogP contribution in [0.2, 0.25) is 0 Å². The number of benzene rings is 3. The number of esters is 1. The van der Waals surface area contributed by atoms with E-state index in [1.807, 2.05) is 24.3 Å². The summed E-state index contributed by atoms with van der Waals surface area (Å²) >= 11 is 0. The molecule has 0 radical (unpaired) electrons. The summed E-state index contributed by atoms with van der Waals surface area (Å²) in [6.07, 6.45) is 0.184. The number of rotatable bonds is 6. The standard InChI is InChI=1S/C25H23FN2O5S/c1-2-33-25(30)17-7-11-21(12-8-17)27-24(29)23-15-18-5-3-4-6-19(18)16-28(23)34(31,32)22-13-9-20(26)10-14-22/h3-14,23H,2,15-16H2,1H3,(H,27,29). The highest BCUT2D eigenvalue weighted by Gasteiger charge is 2.39. The van der Waals surface area contributed by atoms with Crippen molar-refractivity contribution in [2.45, 2.75) is 30.8 Å². The molecule has 9 heteroatoms. The van der Waals surface area contributed by atoms with Crippen LogP contribution in [0, 0.1) is 5.82 Å². The maximum Gasteiger partial charge on any atom is 0.338 e. The molecule has 176 valence electrons. The van der Waals surface area contributed by atoms with E-state index in [9.17, 15) is 22.4 Å². The highest BCUT2D eigenvalue weighted by molar-refractivity contribution is 7.89. The van der Waals surface area contributed by atoms with E-state index in [2.05, 4.69) is 5.32 Å². The van der Waals surface area contributed by atoms with E-state index in [4.69, 9.17) is 4.74 Å². The third-order valence-electron chi connectivity index (χ3n) is 5.59. The Balaban J connectivity index is 1.62. The first-order valence-corrected chi connectivity index (χ1v) is 12.2. The number of fused-ring (bicyclic) bond motifs is 1. The normalized spacial score (nSPS) is 15.9. The van der Waals surface area contributed by atoms with Gasteiger partial charge in [-0.3, -0.25) is 4.79 Å². The minimum absolute atomic E-state index is 0.00969. The minimum Gasteiger partial charge on any atom is -0.462 e. The highest BCUT2D eigenvalue weighted by Crippen LogP contribution is 2.30. The Bertz CT molecular complexity index is 1310. The number of nitrogens with one attached hydrogen (secondary N) is 1. The molecule has 0 aromatic heterocycles. The van der Waals surface area contributed by atoms with Crippen molar-refractivity contribution in [3.8, 4) is 0 Å². The van der Waals surface area contributed by atoms with Crippen molar-refractivity contribution in [2.24, 2.45) is 0 Å². The summed E-state index contributed by atoms with van der Waals surface area (Å²) in [6, 6.07) is 17.0. The molecule has 0 bridgehead atoms. The summed E-state index contributed by atoms with van der Waals surface area (Å²) in [5.41, 5.74) is 2.44. The SMILES string of the molecule is CCOC(=O)c1ccc(NC(=O)C2Cc3ccccc3CN2S(=O)(=O)c2ccc(F)cc2)cc1. The van der Waals surface area contributed by atoms with E-state index < -0.39 is 33.8 Å². The van der Waals surface area contributed by atoms with Crippen LogP contribution in [0.15, 0.2) is 77.7 Å². The van der Waals surface area contributed by atoms with Crippen molar-refractivity contribution in [3.63, 3.8) is 0 Å². The van der Waals surface area contributed by atoms with E-state index in [0.29, 0.717) is 11.3 Å². The Kier molecular flexibility index (Phi) is 6.76. The van der Waals surface area contributed by atoms with Gasteiger partial charge in [0.1, 0.15) is 11.9 Å². The zero-order valence-electron chi connectivity index (χ0n) is 18.4. The molecule has 0 spiro atoms. The molecule has 3 aromatic rings. The van der Waals surface area contributed by atoms with Gasteiger partial charge in [-0.05, 0) is 73.0 Å². The lowest BCUT2D eigenvalue weighted by Crippen LogP contribution is -2.50. The molecule has 7 nitrogen and oxygen atoms in total. The molecule has 4 rings (SSSR count). The first-order chi connectivity index (χ1) is 16.3. The van der Waals surface area contributed by atoms with E-state index in [1.165, 1.54) is 24.3 Å². The van der Waals surface area contributed by atoms with Crippen molar-refractivity contribution in [1.29, 1.82) is 0 Å². The van der Waals surface area contributed by atoms with Crippen LogP contribution >= 0.6 is 0 Å². The van der Waals surface area contributed by atoms with Gasteiger partial charge in [0.15, 0.2) is 0 Å². The van der Waals surface area contributed by atoms with Crippen LogP contribution in [-0.2, 0) is 32.5 Å². The molecule has 1 aliphatic rings. The highest BCUT2D eigenvalue weighted by atomic mass is 32.2. The molecule has 1 N–H and O–H groups in total. The maximum atomic E-state index is 13.4. The lowest BCUT2D eigenvalue weighted by Gasteiger charge is -2.35. The number of nitrogens with zero attached hydrogens (tertiary/aromatic N) is 1. The van der Waals surface area contributed by atoms with Crippen LogP contribution in [-0.4, -0.2) is 37.2 Å². The monoisotopic (exact) mass is 482 g/mol. The number of carbonyl (C=O) groups excluding carboxylic acids is 2. The molecule has 0 saturated carbocycles. The number of ether oxygens (including phenoxy) is 1. The first kappa shape index (κ1) is 23.6. The number of carbonyl (C=O) groups is 2. The van der Waals surface area contributed by atoms with E-state index in [1.54, 1.807) is 19.1 Å². The summed E-state index contributed by atoms with van der Waals surface area (Å²) < 4.78 is 46.3. The van der Waals surface area contributed by atoms with Gasteiger partial charge in [-0.2, -0.15) is 4.31 Å². The van der Waals surface area contributed by atoms with Crippen LogP contribution in [0.3, 0.4) is 0 Å². The minimum atomic E-state index is -4.09. The molecular formula is C25H23FN2O5S. The fourth-order valence-electron chi connectivity index (χ4n) is 3.85. The largest absolute Gasteiger partial charge is 0.462 e. The van der Waals surface area contributed by atoms with E-state index in [0.717, 1.165) is 27.6 Å². The van der Waals surface area contributed by atoms with Gasteiger partial charge in [-0.1, -0.05) is 24.3 Å². The molecule has 1 aliphatic heterocycles. The van der Waals surface area contributed by atoms with E-state index >= 15 is 0 Å². The summed E-state index contributed by atoms with van der Waals surface area (Å²) in [5, 5.41) is 2.75. The number of hydrogen-bond donors (Lipinski definition) is 1. The molecular weight excluding hydrogens is 459 g/mol. The average Bonchev–Trinajstić information content (AvgIpc) is 2.84. The fourth-order valence-corrected chi connectivity index (χ4v) is 5.41. The molecule has 1 heterocycles. The van der Waals surface area contributed by atoms with Gasteiger partial charge in [0.05, 0.1) is 17.1 Å². The molecule has 1 unspecified atom stereocenters. The third kappa shape index (κ3) is 4.85. The summed E-state index contributed by atoms with van der Waals surface area (Å²) in [4.78, 5) is 25.0. The molecule has 1 atom stereocenters. The predicted molar refractivity (Wildman–Crippen MR) is 124 cm³/mol. The quantitative estimate of drug-likeness (QED) is 0.540. The molecule has 0 fully saturated rings. The van der Waals surface area contributed by atoms with E-state index in [-0.39, 0.29) is 24.5 Å².